The molecule has 14 heavy (non-hydrogen) atoms. The first-order valence-electron chi connectivity index (χ1n) is 4.53. The highest BCUT2D eigenvalue weighted by atomic mass is 79.9. The van der Waals surface area contributed by atoms with E-state index in [1.807, 2.05) is 19.9 Å². The summed E-state index contributed by atoms with van der Waals surface area (Å²) in [5, 5.41) is 2.87. The molecule has 1 aromatic rings. The molecule has 1 aromatic heterocycles. The molecule has 1 N–H and O–H groups in total. The van der Waals surface area contributed by atoms with Gasteiger partial charge < -0.3 is 5.32 Å². The van der Waals surface area contributed by atoms with Crippen LogP contribution in [0.5, 0.6) is 0 Å². The van der Waals surface area contributed by atoms with Crippen LogP contribution in [0, 0.1) is 0 Å². The van der Waals surface area contributed by atoms with Crippen LogP contribution in [-0.2, 0) is 4.79 Å². The number of nitrogens with zero attached hydrogens (tertiary/aromatic N) is 1. The zero-order valence-corrected chi connectivity index (χ0v) is 9.84. The minimum atomic E-state index is 0.00690. The smallest absolute Gasteiger partial charge is 0.220 e. The summed E-state index contributed by atoms with van der Waals surface area (Å²) in [7, 11) is 0. The van der Waals surface area contributed by atoms with Crippen molar-refractivity contribution < 1.29 is 4.79 Å². The number of rotatable bonds is 3. The van der Waals surface area contributed by atoms with Crippen molar-refractivity contribution in [3.8, 4) is 0 Å². The lowest BCUT2D eigenvalue weighted by molar-refractivity contribution is -0.121. The number of aromatic nitrogens is 1. The molecule has 76 valence electrons. The maximum absolute atomic E-state index is 11.1. The second-order valence-electron chi connectivity index (χ2n) is 3.08. The summed E-state index contributed by atoms with van der Waals surface area (Å²) < 4.78 is 0.924. The lowest BCUT2D eigenvalue weighted by atomic mass is 10.1. The lowest BCUT2D eigenvalue weighted by Gasteiger charge is -2.13. The Hall–Kier alpha value is -0.900. The van der Waals surface area contributed by atoms with Crippen LogP contribution in [0.4, 0.5) is 0 Å². The molecule has 1 heterocycles. The minimum Gasteiger partial charge on any atom is -0.350 e. The highest BCUT2D eigenvalue weighted by Crippen LogP contribution is 2.16. The fraction of sp³-hybridized carbons (Fsp3) is 0.400. The van der Waals surface area contributed by atoms with Crippen molar-refractivity contribution in [2.24, 2.45) is 0 Å². The molecular formula is C10H13BrN2O. The van der Waals surface area contributed by atoms with Gasteiger partial charge in [0.15, 0.2) is 0 Å². The Balaban J connectivity index is 2.69. The van der Waals surface area contributed by atoms with Crippen LogP contribution in [0.2, 0.25) is 0 Å². The maximum Gasteiger partial charge on any atom is 0.220 e. The molecule has 0 saturated heterocycles. The van der Waals surface area contributed by atoms with E-state index in [-0.39, 0.29) is 11.9 Å². The van der Waals surface area contributed by atoms with E-state index in [9.17, 15) is 4.79 Å². The Kier molecular flexibility index (Phi) is 4.07. The topological polar surface area (TPSA) is 42.0 Å². The van der Waals surface area contributed by atoms with Crippen LogP contribution in [0.3, 0.4) is 0 Å². The molecule has 0 aliphatic rings. The minimum absolute atomic E-state index is 0.00690. The molecule has 1 unspecified atom stereocenters. The molecule has 1 atom stereocenters. The van der Waals surface area contributed by atoms with Gasteiger partial charge in [-0.25, -0.2) is 0 Å². The van der Waals surface area contributed by atoms with Gasteiger partial charge in [-0.1, -0.05) is 6.92 Å². The molecule has 0 aliphatic heterocycles. The Morgan fingerprint density at radius 1 is 1.64 bits per heavy atom. The third-order valence-corrected chi connectivity index (χ3v) is 2.36. The number of hydrogen-bond donors (Lipinski definition) is 1. The molecule has 3 nitrogen and oxygen atoms in total. The van der Waals surface area contributed by atoms with Gasteiger partial charge in [0.05, 0.1) is 6.04 Å². The van der Waals surface area contributed by atoms with Gasteiger partial charge in [-0.05, 0) is 34.5 Å². The van der Waals surface area contributed by atoms with Gasteiger partial charge in [-0.3, -0.25) is 9.78 Å². The molecule has 1 amide bonds. The van der Waals surface area contributed by atoms with E-state index in [0.29, 0.717) is 6.42 Å². The number of hydrogen-bond acceptors (Lipinski definition) is 2. The van der Waals surface area contributed by atoms with Gasteiger partial charge >= 0.3 is 0 Å². The van der Waals surface area contributed by atoms with Crippen LogP contribution in [-0.4, -0.2) is 10.9 Å². The van der Waals surface area contributed by atoms with Crippen molar-refractivity contribution in [3.63, 3.8) is 0 Å². The van der Waals surface area contributed by atoms with Crippen molar-refractivity contribution in [2.75, 3.05) is 0 Å². The van der Waals surface area contributed by atoms with Crippen molar-refractivity contribution in [2.45, 2.75) is 26.3 Å². The van der Waals surface area contributed by atoms with E-state index in [0.717, 1.165) is 10.0 Å². The Bertz CT molecular complexity index is 328. The fourth-order valence-electron chi connectivity index (χ4n) is 1.09. The third-order valence-electron chi connectivity index (χ3n) is 1.92. The highest BCUT2D eigenvalue weighted by molar-refractivity contribution is 9.10. The van der Waals surface area contributed by atoms with E-state index in [4.69, 9.17) is 0 Å². The van der Waals surface area contributed by atoms with Crippen LogP contribution >= 0.6 is 15.9 Å². The summed E-state index contributed by atoms with van der Waals surface area (Å²) in [5.74, 6) is 0.0532. The highest BCUT2D eigenvalue weighted by Gasteiger charge is 2.08. The summed E-state index contributed by atoms with van der Waals surface area (Å²) in [6.07, 6.45) is 3.98. The molecule has 0 aromatic carbocycles. The quantitative estimate of drug-likeness (QED) is 0.903. The average Bonchev–Trinajstić information content (AvgIpc) is 2.17. The zero-order valence-electron chi connectivity index (χ0n) is 8.25. The van der Waals surface area contributed by atoms with Gasteiger partial charge in [0.1, 0.15) is 0 Å². The number of nitrogens with one attached hydrogen (secondary N) is 1. The predicted molar refractivity (Wildman–Crippen MR) is 58.8 cm³/mol. The Labute approximate surface area is 92.1 Å². The zero-order chi connectivity index (χ0) is 10.6. The van der Waals surface area contributed by atoms with Gasteiger partial charge in [0.25, 0.3) is 0 Å². The predicted octanol–water partition coefficient (Wildman–Crippen LogP) is 2.43. The summed E-state index contributed by atoms with van der Waals surface area (Å²) >= 11 is 3.34. The van der Waals surface area contributed by atoms with Gasteiger partial charge in [-0.15, -0.1) is 0 Å². The number of carbonyl (C=O) groups excluding carboxylic acids is 1. The molecule has 0 radical (unpaired) electrons. The number of carbonyl (C=O) groups is 1. The third kappa shape index (κ3) is 3.10. The van der Waals surface area contributed by atoms with E-state index >= 15 is 0 Å². The molecule has 0 aliphatic carbocycles. The molecule has 1 rings (SSSR count). The monoisotopic (exact) mass is 256 g/mol. The molecule has 4 heteroatoms. The van der Waals surface area contributed by atoms with Crippen molar-refractivity contribution in [1.29, 1.82) is 0 Å². The molecule has 0 bridgehead atoms. The van der Waals surface area contributed by atoms with Gasteiger partial charge in [-0.2, -0.15) is 0 Å². The summed E-state index contributed by atoms with van der Waals surface area (Å²) in [6.45, 7) is 3.78. The number of amides is 1. The summed E-state index contributed by atoms with van der Waals surface area (Å²) in [4.78, 5) is 15.2. The second kappa shape index (κ2) is 5.10. The molecule has 0 spiro atoms. The van der Waals surface area contributed by atoms with Crippen LogP contribution in [0.1, 0.15) is 31.9 Å². The first kappa shape index (κ1) is 11.2. The van der Waals surface area contributed by atoms with Crippen LogP contribution in [0.15, 0.2) is 22.9 Å². The normalized spacial score (nSPS) is 12.2. The van der Waals surface area contributed by atoms with Crippen molar-refractivity contribution in [1.82, 2.24) is 10.3 Å². The van der Waals surface area contributed by atoms with E-state index in [1.165, 1.54) is 0 Å². The average molecular weight is 257 g/mol. The van der Waals surface area contributed by atoms with E-state index in [1.54, 1.807) is 12.4 Å². The molecule has 0 saturated carbocycles. The molecule has 0 fully saturated rings. The van der Waals surface area contributed by atoms with Crippen LogP contribution < -0.4 is 5.32 Å². The number of pyridine rings is 1. The largest absolute Gasteiger partial charge is 0.350 e. The summed E-state index contributed by atoms with van der Waals surface area (Å²) in [5.41, 5.74) is 1.00. The van der Waals surface area contributed by atoms with E-state index in [2.05, 4.69) is 26.2 Å². The van der Waals surface area contributed by atoms with Crippen molar-refractivity contribution >= 4 is 21.8 Å². The Morgan fingerprint density at radius 3 is 2.93 bits per heavy atom. The van der Waals surface area contributed by atoms with E-state index < -0.39 is 0 Å². The fourth-order valence-corrected chi connectivity index (χ4v) is 1.47. The standard InChI is InChI=1S/C10H13BrN2O/c1-3-10(14)13-7(2)8-4-9(11)6-12-5-8/h4-7H,3H2,1-2H3,(H,13,14). The maximum atomic E-state index is 11.1. The molecular weight excluding hydrogens is 244 g/mol. The van der Waals surface area contributed by atoms with Crippen molar-refractivity contribution in [3.05, 3.63) is 28.5 Å². The second-order valence-corrected chi connectivity index (χ2v) is 3.99. The first-order chi connectivity index (χ1) is 6.63. The first-order valence-corrected chi connectivity index (χ1v) is 5.32. The SMILES string of the molecule is CCC(=O)NC(C)c1cncc(Br)c1. The van der Waals surface area contributed by atoms with Crippen LogP contribution in [0.25, 0.3) is 0 Å². The Morgan fingerprint density at radius 2 is 2.36 bits per heavy atom. The summed E-state index contributed by atoms with van der Waals surface area (Å²) in [6, 6.07) is 1.96. The van der Waals surface area contributed by atoms with Gasteiger partial charge in [0, 0.05) is 23.3 Å². The lowest BCUT2D eigenvalue weighted by Crippen LogP contribution is -2.25. The van der Waals surface area contributed by atoms with Gasteiger partial charge in [0.2, 0.25) is 5.91 Å². The number of halogens is 1.